The number of carboxylic acids is 1. The standard InChI is InChI=1S/C9H9N3O3/c10-7(9(14)15)4-8(13)12-6-2-1-3-11-5-6/h1-3,5,10H,4H2,(H,12,13)(H,14,15). The molecule has 1 aromatic heterocycles. The average Bonchev–Trinajstić information content (AvgIpc) is 2.18. The third kappa shape index (κ3) is 3.55. The van der Waals surface area contributed by atoms with Gasteiger partial charge in [0.25, 0.3) is 0 Å². The zero-order valence-corrected chi connectivity index (χ0v) is 7.73. The fraction of sp³-hybridized carbons (Fsp3) is 0.111. The lowest BCUT2D eigenvalue weighted by Gasteiger charge is -2.02. The van der Waals surface area contributed by atoms with E-state index in [4.69, 9.17) is 10.5 Å². The summed E-state index contributed by atoms with van der Waals surface area (Å²) in [5.74, 6) is -1.94. The number of hydrogen-bond acceptors (Lipinski definition) is 4. The molecule has 6 heteroatoms. The number of anilines is 1. The summed E-state index contributed by atoms with van der Waals surface area (Å²) in [5.41, 5.74) is -0.169. The van der Waals surface area contributed by atoms with Crippen LogP contribution in [0, 0.1) is 5.41 Å². The quantitative estimate of drug-likeness (QED) is 0.626. The molecular formula is C9H9N3O3. The van der Waals surface area contributed by atoms with Gasteiger partial charge in [-0.25, -0.2) is 4.79 Å². The Hall–Kier alpha value is -2.24. The Morgan fingerprint density at radius 2 is 2.27 bits per heavy atom. The van der Waals surface area contributed by atoms with Gasteiger partial charge in [0.2, 0.25) is 5.91 Å². The molecule has 0 aliphatic carbocycles. The molecule has 0 aliphatic rings. The minimum Gasteiger partial charge on any atom is -0.477 e. The lowest BCUT2D eigenvalue weighted by atomic mass is 10.2. The number of aliphatic carboxylic acids is 1. The fourth-order valence-electron chi connectivity index (χ4n) is 0.878. The van der Waals surface area contributed by atoms with Gasteiger partial charge < -0.3 is 10.4 Å². The van der Waals surface area contributed by atoms with E-state index in [0.717, 1.165) is 0 Å². The lowest BCUT2D eigenvalue weighted by Crippen LogP contribution is -2.21. The second-order valence-corrected chi connectivity index (χ2v) is 2.75. The molecule has 0 unspecified atom stereocenters. The number of carbonyl (C=O) groups excluding carboxylic acids is 1. The number of carbonyl (C=O) groups is 2. The zero-order valence-electron chi connectivity index (χ0n) is 7.73. The van der Waals surface area contributed by atoms with Crippen molar-refractivity contribution in [3.05, 3.63) is 24.5 Å². The van der Waals surface area contributed by atoms with Gasteiger partial charge in [0.1, 0.15) is 5.71 Å². The van der Waals surface area contributed by atoms with E-state index >= 15 is 0 Å². The highest BCUT2D eigenvalue weighted by atomic mass is 16.4. The van der Waals surface area contributed by atoms with Crippen LogP contribution >= 0.6 is 0 Å². The van der Waals surface area contributed by atoms with Crippen LogP contribution in [-0.4, -0.2) is 27.7 Å². The van der Waals surface area contributed by atoms with Crippen molar-refractivity contribution in [2.24, 2.45) is 0 Å². The van der Waals surface area contributed by atoms with Gasteiger partial charge in [-0.1, -0.05) is 0 Å². The first kappa shape index (κ1) is 10.8. The molecule has 0 saturated heterocycles. The molecule has 0 bridgehead atoms. The molecule has 0 atom stereocenters. The molecular weight excluding hydrogens is 198 g/mol. The van der Waals surface area contributed by atoms with Gasteiger partial charge in [0.05, 0.1) is 18.3 Å². The average molecular weight is 207 g/mol. The molecule has 0 aromatic carbocycles. The van der Waals surface area contributed by atoms with Crippen LogP contribution < -0.4 is 5.32 Å². The van der Waals surface area contributed by atoms with Gasteiger partial charge in [0, 0.05) is 6.20 Å². The maximum absolute atomic E-state index is 11.2. The summed E-state index contributed by atoms with van der Waals surface area (Å²) in [5, 5.41) is 17.8. The Kier molecular flexibility index (Phi) is 3.50. The predicted molar refractivity (Wildman–Crippen MR) is 52.8 cm³/mol. The summed E-state index contributed by atoms with van der Waals surface area (Å²) in [6.45, 7) is 0. The Bertz CT molecular complexity index is 389. The molecule has 0 aliphatic heterocycles. The highest BCUT2D eigenvalue weighted by Crippen LogP contribution is 2.03. The number of nitrogens with one attached hydrogen (secondary N) is 2. The third-order valence-corrected chi connectivity index (χ3v) is 1.54. The topological polar surface area (TPSA) is 103 Å². The Morgan fingerprint density at radius 3 is 2.80 bits per heavy atom. The van der Waals surface area contributed by atoms with Crippen LogP contribution in [0.2, 0.25) is 0 Å². The van der Waals surface area contributed by atoms with Gasteiger partial charge in [-0.05, 0) is 12.1 Å². The number of pyridine rings is 1. The first-order valence-corrected chi connectivity index (χ1v) is 4.10. The normalized spacial score (nSPS) is 9.33. The monoisotopic (exact) mass is 207 g/mol. The number of carboxylic acid groups (broad SMARTS) is 1. The van der Waals surface area contributed by atoms with Crippen molar-refractivity contribution in [3.63, 3.8) is 0 Å². The first-order valence-electron chi connectivity index (χ1n) is 4.10. The maximum atomic E-state index is 11.2. The van der Waals surface area contributed by atoms with Crippen molar-refractivity contribution < 1.29 is 14.7 Å². The fourth-order valence-corrected chi connectivity index (χ4v) is 0.878. The van der Waals surface area contributed by atoms with Crippen LogP contribution in [0.5, 0.6) is 0 Å². The summed E-state index contributed by atoms with van der Waals surface area (Å²) < 4.78 is 0. The zero-order chi connectivity index (χ0) is 11.3. The Morgan fingerprint density at radius 1 is 1.53 bits per heavy atom. The van der Waals surface area contributed by atoms with E-state index in [1.54, 1.807) is 18.3 Å². The molecule has 6 nitrogen and oxygen atoms in total. The summed E-state index contributed by atoms with van der Waals surface area (Å²) >= 11 is 0. The van der Waals surface area contributed by atoms with Crippen molar-refractivity contribution in [1.29, 1.82) is 5.41 Å². The van der Waals surface area contributed by atoms with Crippen LogP contribution in [-0.2, 0) is 9.59 Å². The molecule has 78 valence electrons. The minimum atomic E-state index is -1.39. The highest BCUT2D eigenvalue weighted by molar-refractivity contribution is 6.38. The van der Waals surface area contributed by atoms with Gasteiger partial charge >= 0.3 is 5.97 Å². The minimum absolute atomic E-state index is 0.454. The molecule has 0 spiro atoms. The van der Waals surface area contributed by atoms with Crippen molar-refractivity contribution >= 4 is 23.3 Å². The van der Waals surface area contributed by atoms with Gasteiger partial charge in [-0.2, -0.15) is 0 Å². The summed E-state index contributed by atoms with van der Waals surface area (Å²) in [4.78, 5) is 25.2. The predicted octanol–water partition coefficient (Wildman–Crippen LogP) is 0.515. The van der Waals surface area contributed by atoms with Gasteiger partial charge in [0.15, 0.2) is 0 Å². The van der Waals surface area contributed by atoms with E-state index in [0.29, 0.717) is 5.69 Å². The Labute approximate surface area is 85.5 Å². The van der Waals surface area contributed by atoms with E-state index in [2.05, 4.69) is 10.3 Å². The van der Waals surface area contributed by atoms with Crippen LogP contribution in [0.3, 0.4) is 0 Å². The summed E-state index contributed by atoms with van der Waals surface area (Å²) in [7, 11) is 0. The Balaban J connectivity index is 2.51. The lowest BCUT2D eigenvalue weighted by molar-refractivity contribution is -0.130. The molecule has 3 N–H and O–H groups in total. The molecule has 1 amide bonds. The molecule has 1 aromatic rings. The van der Waals surface area contributed by atoms with Crippen molar-refractivity contribution in [2.45, 2.75) is 6.42 Å². The largest absolute Gasteiger partial charge is 0.477 e. The van der Waals surface area contributed by atoms with Crippen molar-refractivity contribution in [3.8, 4) is 0 Å². The van der Waals surface area contributed by atoms with E-state index in [1.807, 2.05) is 0 Å². The van der Waals surface area contributed by atoms with Crippen molar-refractivity contribution in [1.82, 2.24) is 4.98 Å². The third-order valence-electron chi connectivity index (χ3n) is 1.54. The van der Waals surface area contributed by atoms with E-state index < -0.39 is 24.0 Å². The number of hydrogen-bond donors (Lipinski definition) is 3. The first-order chi connectivity index (χ1) is 7.09. The SMILES string of the molecule is N=C(CC(=O)Nc1cccnc1)C(=O)O. The van der Waals surface area contributed by atoms with E-state index in [1.165, 1.54) is 6.20 Å². The second kappa shape index (κ2) is 4.85. The molecule has 0 fully saturated rings. The number of aromatic nitrogens is 1. The van der Waals surface area contributed by atoms with Crippen LogP contribution in [0.25, 0.3) is 0 Å². The van der Waals surface area contributed by atoms with Crippen molar-refractivity contribution in [2.75, 3.05) is 5.32 Å². The van der Waals surface area contributed by atoms with E-state index in [9.17, 15) is 9.59 Å². The second-order valence-electron chi connectivity index (χ2n) is 2.75. The maximum Gasteiger partial charge on any atom is 0.350 e. The van der Waals surface area contributed by atoms with Crippen LogP contribution in [0.1, 0.15) is 6.42 Å². The molecule has 0 radical (unpaired) electrons. The van der Waals surface area contributed by atoms with Crippen LogP contribution in [0.4, 0.5) is 5.69 Å². The number of amides is 1. The van der Waals surface area contributed by atoms with Crippen LogP contribution in [0.15, 0.2) is 24.5 Å². The summed E-state index contributed by atoms with van der Waals surface area (Å²) in [6.07, 6.45) is 2.53. The molecule has 1 rings (SSSR count). The molecule has 0 saturated carbocycles. The molecule has 1 heterocycles. The smallest absolute Gasteiger partial charge is 0.350 e. The number of nitrogens with zero attached hydrogens (tertiary/aromatic N) is 1. The van der Waals surface area contributed by atoms with Gasteiger partial charge in [-0.15, -0.1) is 0 Å². The highest BCUT2D eigenvalue weighted by Gasteiger charge is 2.12. The van der Waals surface area contributed by atoms with E-state index in [-0.39, 0.29) is 0 Å². The molecule has 15 heavy (non-hydrogen) atoms. The number of rotatable bonds is 4. The summed E-state index contributed by atoms with van der Waals surface area (Å²) in [6, 6.07) is 3.26. The van der Waals surface area contributed by atoms with Gasteiger partial charge in [-0.3, -0.25) is 15.2 Å².